The third kappa shape index (κ3) is 3.25. The average Bonchev–Trinajstić information content (AvgIpc) is 2.56. The van der Waals surface area contributed by atoms with Crippen molar-refractivity contribution in [2.24, 2.45) is 0 Å². The predicted molar refractivity (Wildman–Crippen MR) is 99.4 cm³/mol. The number of benzene rings is 2. The van der Waals surface area contributed by atoms with Gasteiger partial charge in [0.25, 0.3) is 0 Å². The van der Waals surface area contributed by atoms with Crippen molar-refractivity contribution >= 4 is 28.8 Å². The van der Waals surface area contributed by atoms with Crippen LogP contribution in [0.15, 0.2) is 54.6 Å². The molecular weight excluding hydrogens is 341 g/mol. The first-order valence-corrected chi connectivity index (χ1v) is 9.00. The van der Waals surface area contributed by atoms with Crippen LogP contribution in [0.4, 0.5) is 0 Å². The van der Waals surface area contributed by atoms with E-state index in [-0.39, 0.29) is 0 Å². The van der Waals surface area contributed by atoms with E-state index in [1.165, 1.54) is 11.1 Å². The highest BCUT2D eigenvalue weighted by Gasteiger charge is 2.35. The summed E-state index contributed by atoms with van der Waals surface area (Å²) in [7, 11) is 0. The minimum absolute atomic E-state index is 0.291. The van der Waals surface area contributed by atoms with Crippen molar-refractivity contribution in [3.63, 3.8) is 0 Å². The van der Waals surface area contributed by atoms with Crippen LogP contribution in [0.1, 0.15) is 17.5 Å². The molecule has 2 aliphatic rings. The van der Waals surface area contributed by atoms with Crippen molar-refractivity contribution in [2.75, 3.05) is 13.2 Å². The molecule has 0 aromatic heterocycles. The smallest absolute Gasteiger partial charge is 0.0658 e. The van der Waals surface area contributed by atoms with Gasteiger partial charge in [0.2, 0.25) is 0 Å². The van der Waals surface area contributed by atoms with E-state index in [9.17, 15) is 0 Å². The summed E-state index contributed by atoms with van der Waals surface area (Å²) in [4.78, 5) is 2.55. The second kappa shape index (κ2) is 6.89. The van der Waals surface area contributed by atoms with Crippen LogP contribution in [0, 0.1) is 0 Å². The summed E-state index contributed by atoms with van der Waals surface area (Å²) in [6.45, 7) is 2.46. The molecule has 2 aliphatic heterocycles. The summed E-state index contributed by atoms with van der Waals surface area (Å²) in [5.41, 5.74) is 3.74. The molecule has 4 rings (SSSR count). The summed E-state index contributed by atoms with van der Waals surface area (Å²) in [6.07, 6.45) is 3.26. The zero-order valence-electron chi connectivity index (χ0n) is 13.3. The minimum Gasteiger partial charge on any atom is -0.378 e. The second-order valence-electron chi connectivity index (χ2n) is 6.44. The van der Waals surface area contributed by atoms with E-state index in [0.29, 0.717) is 17.1 Å². The topological polar surface area (TPSA) is 12.5 Å². The van der Waals surface area contributed by atoms with E-state index >= 15 is 0 Å². The van der Waals surface area contributed by atoms with Crippen molar-refractivity contribution in [3.8, 4) is 0 Å². The first kappa shape index (κ1) is 16.2. The van der Waals surface area contributed by atoms with Crippen LogP contribution in [0.5, 0.6) is 0 Å². The molecule has 0 spiro atoms. The predicted octanol–water partition coefficient (Wildman–Crippen LogP) is 5.05. The molecule has 0 N–H and O–H groups in total. The highest BCUT2D eigenvalue weighted by molar-refractivity contribution is 6.35. The molecule has 2 aromatic carbocycles. The van der Waals surface area contributed by atoms with E-state index in [0.717, 1.165) is 36.8 Å². The molecule has 2 atom stereocenters. The molecular formula is C20H19Cl2NO. The van der Waals surface area contributed by atoms with Gasteiger partial charge in [-0.3, -0.25) is 4.90 Å². The zero-order chi connectivity index (χ0) is 16.5. The fourth-order valence-corrected chi connectivity index (χ4v) is 4.18. The Labute approximate surface area is 152 Å². The summed E-state index contributed by atoms with van der Waals surface area (Å²) in [6, 6.07) is 17.1. The zero-order valence-corrected chi connectivity index (χ0v) is 14.8. The van der Waals surface area contributed by atoms with Gasteiger partial charge in [-0.25, -0.2) is 0 Å². The van der Waals surface area contributed by atoms with Crippen molar-refractivity contribution in [3.05, 3.63) is 75.8 Å². The van der Waals surface area contributed by atoms with Gasteiger partial charge < -0.3 is 4.74 Å². The summed E-state index contributed by atoms with van der Waals surface area (Å²) in [5.74, 6) is 0. The molecule has 0 radical (unpaired) electrons. The SMILES string of the molecule is Clc1ccc(C2=CC3COCC(C2)N3Cc2ccccc2)c(Cl)c1. The van der Waals surface area contributed by atoms with Gasteiger partial charge >= 0.3 is 0 Å². The Morgan fingerprint density at radius 1 is 1.04 bits per heavy atom. The highest BCUT2D eigenvalue weighted by atomic mass is 35.5. The first-order valence-electron chi connectivity index (χ1n) is 8.24. The molecule has 2 nitrogen and oxygen atoms in total. The van der Waals surface area contributed by atoms with Crippen LogP contribution in [0.25, 0.3) is 5.57 Å². The Bertz CT molecular complexity index is 759. The third-order valence-corrected chi connectivity index (χ3v) is 5.38. The quantitative estimate of drug-likeness (QED) is 0.760. The number of hydrogen-bond donors (Lipinski definition) is 0. The van der Waals surface area contributed by atoms with E-state index in [1.54, 1.807) is 0 Å². The van der Waals surface area contributed by atoms with Gasteiger partial charge in [-0.1, -0.05) is 65.7 Å². The van der Waals surface area contributed by atoms with Crippen LogP contribution in [0.2, 0.25) is 10.0 Å². The molecule has 0 amide bonds. The van der Waals surface area contributed by atoms with E-state index in [1.807, 2.05) is 18.2 Å². The minimum atomic E-state index is 0.291. The lowest BCUT2D eigenvalue weighted by Crippen LogP contribution is -2.53. The van der Waals surface area contributed by atoms with Gasteiger partial charge in [0.15, 0.2) is 0 Å². The fourth-order valence-electron chi connectivity index (χ4n) is 3.65. The number of halogens is 2. The Morgan fingerprint density at radius 2 is 1.88 bits per heavy atom. The number of hydrogen-bond acceptors (Lipinski definition) is 2. The second-order valence-corrected chi connectivity index (χ2v) is 7.28. The van der Waals surface area contributed by atoms with Crippen LogP contribution in [0.3, 0.4) is 0 Å². The van der Waals surface area contributed by atoms with Crippen molar-refractivity contribution < 1.29 is 4.74 Å². The van der Waals surface area contributed by atoms with Gasteiger partial charge in [-0.15, -0.1) is 0 Å². The number of rotatable bonds is 3. The Balaban J connectivity index is 1.62. The fraction of sp³-hybridized carbons (Fsp3) is 0.300. The van der Waals surface area contributed by atoms with Crippen molar-refractivity contribution in [1.82, 2.24) is 4.90 Å². The highest BCUT2D eigenvalue weighted by Crippen LogP contribution is 2.36. The third-order valence-electron chi connectivity index (χ3n) is 4.83. The molecule has 1 fully saturated rings. The lowest BCUT2D eigenvalue weighted by atomic mass is 9.89. The normalized spacial score (nSPS) is 23.8. The molecule has 1 saturated heterocycles. The van der Waals surface area contributed by atoms with E-state index < -0.39 is 0 Å². The maximum Gasteiger partial charge on any atom is 0.0658 e. The first-order chi connectivity index (χ1) is 11.7. The maximum atomic E-state index is 6.42. The molecule has 4 heteroatoms. The van der Waals surface area contributed by atoms with Gasteiger partial charge in [-0.2, -0.15) is 0 Å². The Kier molecular flexibility index (Phi) is 4.64. The Morgan fingerprint density at radius 3 is 2.62 bits per heavy atom. The summed E-state index contributed by atoms with van der Waals surface area (Å²) < 4.78 is 5.80. The van der Waals surface area contributed by atoms with Gasteiger partial charge in [0.1, 0.15) is 0 Å². The standard InChI is InChI=1S/C20H19Cl2NO/c21-16-6-7-19(20(22)10-16)15-8-17-12-24-13-18(9-15)23(17)11-14-4-2-1-3-5-14/h1-8,10,17-18H,9,11-13H2. The molecule has 24 heavy (non-hydrogen) atoms. The summed E-state index contributed by atoms with van der Waals surface area (Å²) >= 11 is 12.4. The number of nitrogens with zero attached hydrogens (tertiary/aromatic N) is 1. The molecule has 2 bridgehead atoms. The van der Waals surface area contributed by atoms with Crippen LogP contribution in [-0.4, -0.2) is 30.2 Å². The molecule has 2 aromatic rings. The van der Waals surface area contributed by atoms with Gasteiger partial charge in [-0.05, 0) is 35.3 Å². The van der Waals surface area contributed by atoms with Gasteiger partial charge in [0, 0.05) is 22.6 Å². The Hall–Kier alpha value is -1.32. The largest absolute Gasteiger partial charge is 0.378 e. The van der Waals surface area contributed by atoms with Crippen LogP contribution >= 0.6 is 23.2 Å². The molecule has 124 valence electrons. The summed E-state index contributed by atoms with van der Waals surface area (Å²) in [5, 5.41) is 1.40. The monoisotopic (exact) mass is 359 g/mol. The molecule has 0 saturated carbocycles. The van der Waals surface area contributed by atoms with Crippen molar-refractivity contribution in [1.29, 1.82) is 0 Å². The van der Waals surface area contributed by atoms with E-state index in [4.69, 9.17) is 27.9 Å². The van der Waals surface area contributed by atoms with E-state index in [2.05, 4.69) is 41.3 Å². The van der Waals surface area contributed by atoms with Crippen LogP contribution in [-0.2, 0) is 11.3 Å². The number of ether oxygens (including phenoxy) is 1. The molecule has 2 heterocycles. The number of morpholine rings is 1. The number of fused-ring (bicyclic) bond motifs is 2. The average molecular weight is 360 g/mol. The van der Waals surface area contributed by atoms with Gasteiger partial charge in [0.05, 0.1) is 19.3 Å². The lowest BCUT2D eigenvalue weighted by Gasteiger charge is -2.45. The van der Waals surface area contributed by atoms with Crippen LogP contribution < -0.4 is 0 Å². The van der Waals surface area contributed by atoms with Crippen molar-refractivity contribution in [2.45, 2.75) is 25.0 Å². The molecule has 0 aliphatic carbocycles. The molecule has 2 unspecified atom stereocenters. The lowest BCUT2D eigenvalue weighted by molar-refractivity contribution is -0.0402. The maximum absolute atomic E-state index is 6.42.